The standard InChI is InChI=1S/C18H24N4O2/c1-14-7-9-20-22(14)11-8-18(23)21-12-10-19-13-16(21)15-5-3-4-6-17(15)24-2/h3-7,9,16,19H,8,10-13H2,1-2H3/t16-/m1/s1. The van der Waals surface area contributed by atoms with Gasteiger partial charge in [0.25, 0.3) is 0 Å². The van der Waals surface area contributed by atoms with Gasteiger partial charge < -0.3 is 15.0 Å². The quantitative estimate of drug-likeness (QED) is 0.909. The van der Waals surface area contributed by atoms with Crippen LogP contribution in [-0.2, 0) is 11.3 Å². The molecule has 0 bridgehead atoms. The van der Waals surface area contributed by atoms with Crippen LogP contribution >= 0.6 is 0 Å². The third kappa shape index (κ3) is 3.43. The molecule has 6 nitrogen and oxygen atoms in total. The Kier molecular flexibility index (Phi) is 5.15. The first-order chi connectivity index (χ1) is 11.7. The molecule has 0 aliphatic carbocycles. The number of carbonyl (C=O) groups excluding carboxylic acids is 1. The number of para-hydroxylation sites is 1. The molecule has 0 unspecified atom stereocenters. The Morgan fingerprint density at radius 2 is 2.21 bits per heavy atom. The highest BCUT2D eigenvalue weighted by Gasteiger charge is 2.29. The number of aryl methyl sites for hydroxylation is 2. The zero-order valence-electron chi connectivity index (χ0n) is 14.2. The van der Waals surface area contributed by atoms with E-state index in [1.807, 2.05) is 46.8 Å². The number of amides is 1. The van der Waals surface area contributed by atoms with Crippen LogP contribution in [0.2, 0.25) is 0 Å². The summed E-state index contributed by atoms with van der Waals surface area (Å²) in [5, 5.41) is 7.63. The van der Waals surface area contributed by atoms with E-state index in [4.69, 9.17) is 4.74 Å². The van der Waals surface area contributed by atoms with Crippen molar-refractivity contribution in [1.29, 1.82) is 0 Å². The fraction of sp³-hybridized carbons (Fsp3) is 0.444. The molecule has 1 fully saturated rings. The summed E-state index contributed by atoms with van der Waals surface area (Å²) < 4.78 is 7.35. The van der Waals surface area contributed by atoms with Crippen molar-refractivity contribution in [2.75, 3.05) is 26.7 Å². The van der Waals surface area contributed by atoms with Gasteiger partial charge in [-0.15, -0.1) is 0 Å². The van der Waals surface area contributed by atoms with Crippen molar-refractivity contribution in [3.05, 3.63) is 47.8 Å². The first-order valence-corrected chi connectivity index (χ1v) is 8.32. The van der Waals surface area contributed by atoms with E-state index < -0.39 is 0 Å². The van der Waals surface area contributed by atoms with Crippen LogP contribution in [0.25, 0.3) is 0 Å². The van der Waals surface area contributed by atoms with Crippen LogP contribution in [0, 0.1) is 6.92 Å². The molecule has 1 aromatic carbocycles. The minimum absolute atomic E-state index is 0.00104. The van der Waals surface area contributed by atoms with E-state index in [0.29, 0.717) is 19.5 Å². The van der Waals surface area contributed by atoms with Crippen molar-refractivity contribution < 1.29 is 9.53 Å². The number of nitrogens with zero attached hydrogens (tertiary/aromatic N) is 3. The summed E-state index contributed by atoms with van der Waals surface area (Å²) >= 11 is 0. The topological polar surface area (TPSA) is 59.4 Å². The molecule has 1 amide bonds. The number of hydrogen-bond acceptors (Lipinski definition) is 4. The van der Waals surface area contributed by atoms with Crippen LogP contribution in [0.4, 0.5) is 0 Å². The average Bonchev–Trinajstić information content (AvgIpc) is 3.04. The van der Waals surface area contributed by atoms with E-state index in [0.717, 1.165) is 30.1 Å². The van der Waals surface area contributed by atoms with Gasteiger partial charge in [-0.3, -0.25) is 9.48 Å². The van der Waals surface area contributed by atoms with Gasteiger partial charge in [0, 0.05) is 50.1 Å². The molecule has 1 N–H and O–H groups in total. The summed E-state index contributed by atoms with van der Waals surface area (Å²) in [6, 6.07) is 9.87. The van der Waals surface area contributed by atoms with E-state index in [1.54, 1.807) is 13.3 Å². The monoisotopic (exact) mass is 328 g/mol. The van der Waals surface area contributed by atoms with Crippen molar-refractivity contribution in [2.24, 2.45) is 0 Å². The van der Waals surface area contributed by atoms with Gasteiger partial charge in [-0.05, 0) is 19.1 Å². The van der Waals surface area contributed by atoms with E-state index in [1.165, 1.54) is 0 Å². The van der Waals surface area contributed by atoms with Gasteiger partial charge in [0.15, 0.2) is 0 Å². The molecule has 1 aliphatic rings. The Bertz CT molecular complexity index is 698. The number of carbonyl (C=O) groups is 1. The maximum absolute atomic E-state index is 12.8. The second-order valence-electron chi connectivity index (χ2n) is 5.99. The summed E-state index contributed by atoms with van der Waals surface area (Å²) in [5.41, 5.74) is 2.13. The molecule has 1 aromatic heterocycles. The molecular formula is C18H24N4O2. The van der Waals surface area contributed by atoms with Crippen molar-refractivity contribution >= 4 is 5.91 Å². The van der Waals surface area contributed by atoms with Gasteiger partial charge in [-0.1, -0.05) is 18.2 Å². The van der Waals surface area contributed by atoms with Crippen molar-refractivity contribution in [2.45, 2.75) is 25.9 Å². The number of piperazine rings is 1. The highest BCUT2D eigenvalue weighted by atomic mass is 16.5. The van der Waals surface area contributed by atoms with Gasteiger partial charge in [0.1, 0.15) is 5.75 Å². The Labute approximate surface area is 142 Å². The highest BCUT2D eigenvalue weighted by Crippen LogP contribution is 2.30. The normalized spacial score (nSPS) is 17.8. The Hall–Kier alpha value is -2.34. The molecule has 0 radical (unpaired) electrons. The predicted octanol–water partition coefficient (Wildman–Crippen LogP) is 1.76. The first kappa shape index (κ1) is 16.5. The molecule has 1 atom stereocenters. The fourth-order valence-corrected chi connectivity index (χ4v) is 3.20. The number of rotatable bonds is 5. The number of benzene rings is 1. The summed E-state index contributed by atoms with van der Waals surface area (Å²) in [7, 11) is 1.67. The number of aromatic nitrogens is 2. The Morgan fingerprint density at radius 1 is 1.38 bits per heavy atom. The third-order valence-corrected chi connectivity index (χ3v) is 4.53. The molecule has 2 heterocycles. The zero-order valence-corrected chi connectivity index (χ0v) is 14.2. The average molecular weight is 328 g/mol. The third-order valence-electron chi connectivity index (χ3n) is 4.53. The second kappa shape index (κ2) is 7.49. The second-order valence-corrected chi connectivity index (χ2v) is 5.99. The molecule has 128 valence electrons. The van der Waals surface area contributed by atoms with Crippen LogP contribution in [-0.4, -0.2) is 47.3 Å². The Morgan fingerprint density at radius 3 is 2.96 bits per heavy atom. The first-order valence-electron chi connectivity index (χ1n) is 8.32. The largest absolute Gasteiger partial charge is 0.496 e. The summed E-state index contributed by atoms with van der Waals surface area (Å²) in [6.45, 7) is 4.88. The summed E-state index contributed by atoms with van der Waals surface area (Å²) in [4.78, 5) is 14.8. The van der Waals surface area contributed by atoms with E-state index in [9.17, 15) is 4.79 Å². The molecule has 3 rings (SSSR count). The Balaban J connectivity index is 1.74. The molecule has 2 aromatic rings. The lowest BCUT2D eigenvalue weighted by atomic mass is 10.0. The number of methoxy groups -OCH3 is 1. The van der Waals surface area contributed by atoms with Gasteiger partial charge in [0.2, 0.25) is 5.91 Å². The minimum atomic E-state index is 0.00104. The number of ether oxygens (including phenoxy) is 1. The maximum atomic E-state index is 12.8. The van der Waals surface area contributed by atoms with E-state index in [2.05, 4.69) is 10.4 Å². The highest BCUT2D eigenvalue weighted by molar-refractivity contribution is 5.77. The molecule has 24 heavy (non-hydrogen) atoms. The van der Waals surface area contributed by atoms with Crippen LogP contribution in [0.1, 0.15) is 23.7 Å². The smallest absolute Gasteiger partial charge is 0.225 e. The predicted molar refractivity (Wildman–Crippen MR) is 91.9 cm³/mol. The van der Waals surface area contributed by atoms with Gasteiger partial charge >= 0.3 is 0 Å². The lowest BCUT2D eigenvalue weighted by molar-refractivity contribution is -0.134. The molecule has 0 saturated carbocycles. The summed E-state index contributed by atoms with van der Waals surface area (Å²) in [6.07, 6.45) is 2.22. The van der Waals surface area contributed by atoms with Crippen LogP contribution in [0.15, 0.2) is 36.5 Å². The van der Waals surface area contributed by atoms with Crippen LogP contribution < -0.4 is 10.1 Å². The fourth-order valence-electron chi connectivity index (χ4n) is 3.20. The van der Waals surface area contributed by atoms with Crippen molar-refractivity contribution in [1.82, 2.24) is 20.0 Å². The number of nitrogens with one attached hydrogen (secondary N) is 1. The SMILES string of the molecule is COc1ccccc1[C@H]1CNCCN1C(=O)CCn1nccc1C. The van der Waals surface area contributed by atoms with Crippen molar-refractivity contribution in [3.63, 3.8) is 0 Å². The van der Waals surface area contributed by atoms with Gasteiger partial charge in [-0.25, -0.2) is 0 Å². The molecule has 6 heteroatoms. The van der Waals surface area contributed by atoms with Crippen molar-refractivity contribution in [3.8, 4) is 5.75 Å². The van der Waals surface area contributed by atoms with Gasteiger partial charge in [-0.2, -0.15) is 5.10 Å². The van der Waals surface area contributed by atoms with Crippen LogP contribution in [0.3, 0.4) is 0 Å². The lowest BCUT2D eigenvalue weighted by Crippen LogP contribution is -2.49. The van der Waals surface area contributed by atoms with E-state index >= 15 is 0 Å². The number of hydrogen-bond donors (Lipinski definition) is 1. The molecular weight excluding hydrogens is 304 g/mol. The summed E-state index contributed by atoms with van der Waals surface area (Å²) in [5.74, 6) is 0.981. The van der Waals surface area contributed by atoms with Crippen LogP contribution in [0.5, 0.6) is 5.75 Å². The molecule has 0 spiro atoms. The lowest BCUT2D eigenvalue weighted by Gasteiger charge is -2.37. The zero-order chi connectivity index (χ0) is 16.9. The molecule has 1 aliphatic heterocycles. The maximum Gasteiger partial charge on any atom is 0.225 e. The van der Waals surface area contributed by atoms with E-state index in [-0.39, 0.29) is 11.9 Å². The van der Waals surface area contributed by atoms with Gasteiger partial charge in [0.05, 0.1) is 13.2 Å². The minimum Gasteiger partial charge on any atom is -0.496 e. The molecule has 1 saturated heterocycles.